The van der Waals surface area contributed by atoms with Gasteiger partial charge in [0.2, 0.25) is 5.88 Å². The van der Waals surface area contributed by atoms with Gasteiger partial charge in [0.1, 0.15) is 6.61 Å². The normalized spacial score (nSPS) is 14.5. The Morgan fingerprint density at radius 3 is 2.53 bits per heavy atom. The van der Waals surface area contributed by atoms with E-state index in [2.05, 4.69) is 73.9 Å². The van der Waals surface area contributed by atoms with Crippen molar-refractivity contribution < 1.29 is 9.47 Å². The molecular weight excluding hydrogens is 426 g/mol. The Hall–Kier alpha value is -2.64. The number of benzene rings is 1. The van der Waals surface area contributed by atoms with Gasteiger partial charge in [0, 0.05) is 57.1 Å². The first-order valence-corrected chi connectivity index (χ1v) is 12.7. The predicted molar refractivity (Wildman–Crippen MR) is 142 cm³/mol. The van der Waals surface area contributed by atoms with E-state index in [4.69, 9.17) is 19.6 Å². The van der Waals surface area contributed by atoms with Crippen LogP contribution >= 0.6 is 0 Å². The number of hydrogen-bond donors (Lipinski definition) is 0. The van der Waals surface area contributed by atoms with Crippen molar-refractivity contribution in [3.8, 4) is 5.88 Å². The summed E-state index contributed by atoms with van der Waals surface area (Å²) in [6, 6.07) is 12.6. The van der Waals surface area contributed by atoms with E-state index in [0.717, 1.165) is 75.8 Å². The Morgan fingerprint density at radius 1 is 1.09 bits per heavy atom. The third kappa shape index (κ3) is 7.99. The molecule has 0 atom stereocenters. The van der Waals surface area contributed by atoms with E-state index in [-0.39, 0.29) is 0 Å². The van der Waals surface area contributed by atoms with E-state index in [1.807, 2.05) is 11.2 Å². The Labute approximate surface area is 205 Å². The van der Waals surface area contributed by atoms with E-state index >= 15 is 0 Å². The molecule has 186 valence electrons. The molecule has 7 heteroatoms. The van der Waals surface area contributed by atoms with Gasteiger partial charge in [-0.1, -0.05) is 43.7 Å². The zero-order chi connectivity index (χ0) is 24.2. The second kappa shape index (κ2) is 13.9. The van der Waals surface area contributed by atoms with Gasteiger partial charge in [-0.2, -0.15) is 10.1 Å². The predicted octanol–water partition coefficient (Wildman–Crippen LogP) is 4.59. The number of ether oxygens (including phenoxy) is 2. The van der Waals surface area contributed by atoms with Crippen LogP contribution in [0.4, 0.5) is 11.5 Å². The average molecular weight is 468 g/mol. The van der Waals surface area contributed by atoms with Gasteiger partial charge in [0.15, 0.2) is 5.82 Å². The molecule has 0 spiro atoms. The van der Waals surface area contributed by atoms with Crippen LogP contribution in [0.2, 0.25) is 0 Å². The highest BCUT2D eigenvalue weighted by molar-refractivity contribution is 5.80. The largest absolute Gasteiger partial charge is 0.476 e. The molecule has 0 bridgehead atoms. The molecule has 1 aromatic heterocycles. The van der Waals surface area contributed by atoms with E-state index < -0.39 is 0 Å². The molecule has 1 aliphatic heterocycles. The van der Waals surface area contributed by atoms with Crippen LogP contribution in [0.25, 0.3) is 0 Å². The molecule has 0 amide bonds. The van der Waals surface area contributed by atoms with Crippen LogP contribution in [-0.4, -0.2) is 75.2 Å². The summed E-state index contributed by atoms with van der Waals surface area (Å²) >= 11 is 0. The smallest absolute Gasteiger partial charge is 0.217 e. The number of hydrogen-bond acceptors (Lipinski definition) is 7. The van der Waals surface area contributed by atoms with Gasteiger partial charge in [-0.05, 0) is 32.3 Å². The minimum absolute atomic E-state index is 0.607. The Kier molecular flexibility index (Phi) is 10.6. The third-order valence-electron chi connectivity index (χ3n) is 5.84. The third-order valence-corrected chi connectivity index (χ3v) is 5.84. The summed E-state index contributed by atoms with van der Waals surface area (Å²) < 4.78 is 11.6. The molecular formula is C27H41N5O2. The molecule has 1 fully saturated rings. The van der Waals surface area contributed by atoms with Crippen LogP contribution in [0, 0.1) is 6.92 Å². The molecule has 0 aliphatic carbocycles. The van der Waals surface area contributed by atoms with Crippen molar-refractivity contribution in [2.24, 2.45) is 5.10 Å². The zero-order valence-corrected chi connectivity index (χ0v) is 21.4. The molecule has 0 N–H and O–H groups in total. The summed E-state index contributed by atoms with van der Waals surface area (Å²) in [7, 11) is 0. The second-order valence-corrected chi connectivity index (χ2v) is 8.69. The van der Waals surface area contributed by atoms with Gasteiger partial charge < -0.3 is 14.4 Å². The van der Waals surface area contributed by atoms with Crippen molar-refractivity contribution in [3.63, 3.8) is 0 Å². The molecule has 1 aromatic carbocycles. The van der Waals surface area contributed by atoms with Crippen molar-refractivity contribution >= 4 is 17.7 Å². The monoisotopic (exact) mass is 467 g/mol. The minimum Gasteiger partial charge on any atom is -0.476 e. The van der Waals surface area contributed by atoms with Crippen molar-refractivity contribution in [2.75, 3.05) is 69.0 Å². The van der Waals surface area contributed by atoms with Gasteiger partial charge in [-0.25, -0.2) is 5.01 Å². The summed E-state index contributed by atoms with van der Waals surface area (Å²) in [5.41, 5.74) is 3.44. The number of hydrazone groups is 1. The second-order valence-electron chi connectivity index (χ2n) is 8.69. The lowest BCUT2D eigenvalue weighted by atomic mass is 10.2. The SMILES string of the molecule is CCCN(CCC)c1cc(OCCN2CCOCC2)nc(N(CC)/N=C/c2cccc(C)c2)c1. The summed E-state index contributed by atoms with van der Waals surface area (Å²) in [5, 5.41) is 6.70. The van der Waals surface area contributed by atoms with Crippen LogP contribution in [0.3, 0.4) is 0 Å². The summed E-state index contributed by atoms with van der Waals surface area (Å²) in [6.07, 6.45) is 4.08. The lowest BCUT2D eigenvalue weighted by Crippen LogP contribution is -2.38. The van der Waals surface area contributed by atoms with E-state index in [1.165, 1.54) is 5.56 Å². The van der Waals surface area contributed by atoms with Crippen LogP contribution < -0.4 is 14.6 Å². The van der Waals surface area contributed by atoms with Crippen LogP contribution in [0.15, 0.2) is 41.5 Å². The lowest BCUT2D eigenvalue weighted by Gasteiger charge is -2.27. The maximum Gasteiger partial charge on any atom is 0.217 e. The Balaban J connectivity index is 1.81. The topological polar surface area (TPSA) is 53.4 Å². The zero-order valence-electron chi connectivity index (χ0n) is 21.4. The first-order chi connectivity index (χ1) is 16.6. The number of rotatable bonds is 13. The molecule has 1 aliphatic rings. The number of pyridine rings is 1. The number of nitrogens with zero attached hydrogens (tertiary/aromatic N) is 5. The highest BCUT2D eigenvalue weighted by Gasteiger charge is 2.15. The van der Waals surface area contributed by atoms with Crippen molar-refractivity contribution in [1.82, 2.24) is 9.88 Å². The summed E-state index contributed by atoms with van der Waals surface area (Å²) in [4.78, 5) is 9.63. The summed E-state index contributed by atoms with van der Waals surface area (Å²) in [6.45, 7) is 16.3. The average Bonchev–Trinajstić information content (AvgIpc) is 2.85. The highest BCUT2D eigenvalue weighted by Crippen LogP contribution is 2.27. The van der Waals surface area contributed by atoms with Gasteiger partial charge in [0.05, 0.1) is 19.4 Å². The minimum atomic E-state index is 0.607. The highest BCUT2D eigenvalue weighted by atomic mass is 16.5. The molecule has 0 saturated carbocycles. The van der Waals surface area contributed by atoms with E-state index in [0.29, 0.717) is 19.0 Å². The molecule has 34 heavy (non-hydrogen) atoms. The molecule has 2 heterocycles. The fraction of sp³-hybridized carbons (Fsp3) is 0.556. The van der Waals surface area contributed by atoms with Gasteiger partial charge in [-0.3, -0.25) is 4.90 Å². The van der Waals surface area contributed by atoms with Crippen molar-refractivity contribution in [2.45, 2.75) is 40.5 Å². The van der Waals surface area contributed by atoms with Crippen LogP contribution in [-0.2, 0) is 4.74 Å². The maximum atomic E-state index is 6.17. The molecule has 3 rings (SSSR count). The van der Waals surface area contributed by atoms with Gasteiger partial charge in [0.25, 0.3) is 0 Å². The Morgan fingerprint density at radius 2 is 1.85 bits per heavy atom. The summed E-state index contributed by atoms with van der Waals surface area (Å²) in [5.74, 6) is 1.46. The van der Waals surface area contributed by atoms with Gasteiger partial charge in [-0.15, -0.1) is 0 Å². The molecule has 0 radical (unpaired) electrons. The number of anilines is 2. The molecule has 1 saturated heterocycles. The van der Waals surface area contributed by atoms with Crippen LogP contribution in [0.5, 0.6) is 5.88 Å². The van der Waals surface area contributed by atoms with E-state index in [9.17, 15) is 0 Å². The standard InChI is InChI=1S/C27H41N5O2/c1-5-11-31(12-6-2)25-20-26(32(7-3)28-22-24-10-8-9-23(4)19-24)29-27(21-25)34-18-15-30-13-16-33-17-14-30/h8-10,19-22H,5-7,11-18H2,1-4H3/b28-22+. The molecule has 7 nitrogen and oxygen atoms in total. The maximum absolute atomic E-state index is 6.17. The first kappa shape index (κ1) is 26.0. The lowest BCUT2D eigenvalue weighted by molar-refractivity contribution is 0.0320. The van der Waals surface area contributed by atoms with Crippen LogP contribution in [0.1, 0.15) is 44.7 Å². The van der Waals surface area contributed by atoms with Crippen molar-refractivity contribution in [1.29, 1.82) is 0 Å². The molecule has 2 aromatic rings. The van der Waals surface area contributed by atoms with Gasteiger partial charge >= 0.3 is 0 Å². The van der Waals surface area contributed by atoms with Crippen molar-refractivity contribution in [3.05, 3.63) is 47.5 Å². The Bertz CT molecular complexity index is 892. The fourth-order valence-corrected chi connectivity index (χ4v) is 4.07. The molecule has 0 unspecified atom stereocenters. The quantitative estimate of drug-likeness (QED) is 0.317. The number of aryl methyl sites for hydroxylation is 1. The first-order valence-electron chi connectivity index (χ1n) is 12.7. The number of aromatic nitrogens is 1. The van der Waals surface area contributed by atoms with E-state index in [1.54, 1.807) is 0 Å². The fourth-order valence-electron chi connectivity index (χ4n) is 4.07. The number of morpholine rings is 1.